The summed E-state index contributed by atoms with van der Waals surface area (Å²) in [4.78, 5) is 2.00. The lowest BCUT2D eigenvalue weighted by Gasteiger charge is -2.35. The molecule has 27 heavy (non-hydrogen) atoms. The lowest BCUT2D eigenvalue weighted by atomic mass is 9.86. The van der Waals surface area contributed by atoms with Crippen molar-refractivity contribution < 1.29 is 18.9 Å². The largest absolute Gasteiger partial charge is 0.454 e. The maximum atomic E-state index is 9.96. The Bertz CT molecular complexity index is 1180. The van der Waals surface area contributed by atoms with Crippen molar-refractivity contribution in [2.24, 2.45) is 0 Å². The van der Waals surface area contributed by atoms with Gasteiger partial charge >= 0.3 is 0 Å². The predicted molar refractivity (Wildman–Crippen MR) is 98.4 cm³/mol. The molecule has 6 heteroatoms. The molecule has 0 aromatic heterocycles. The van der Waals surface area contributed by atoms with Crippen molar-refractivity contribution in [3.05, 3.63) is 42.0 Å². The van der Waals surface area contributed by atoms with Gasteiger partial charge in [0.1, 0.15) is 6.04 Å². The Balaban J connectivity index is 1.70. The summed E-state index contributed by atoms with van der Waals surface area (Å²) >= 11 is 0. The third-order valence-corrected chi connectivity index (χ3v) is 5.49. The topological polar surface area (TPSA) is 64.0 Å². The number of nitriles is 1. The van der Waals surface area contributed by atoms with Gasteiger partial charge in [-0.1, -0.05) is 12.1 Å². The maximum absolute atomic E-state index is 9.96. The first kappa shape index (κ1) is 14.6. The normalized spacial score (nSPS) is 18.2. The fourth-order valence-electron chi connectivity index (χ4n) is 4.27. The first-order valence-electron chi connectivity index (χ1n) is 8.68. The van der Waals surface area contributed by atoms with E-state index in [9.17, 15) is 5.26 Å². The molecular formula is C21H14N2O4. The smallest absolute Gasteiger partial charge is 0.231 e. The third kappa shape index (κ3) is 1.78. The summed E-state index contributed by atoms with van der Waals surface area (Å²) in [5.74, 6) is 2.84. The zero-order valence-electron chi connectivity index (χ0n) is 14.5. The number of hydrogen-bond acceptors (Lipinski definition) is 6. The summed E-state index contributed by atoms with van der Waals surface area (Å²) in [6.45, 7) is 0.415. The molecule has 6 rings (SSSR count). The van der Waals surface area contributed by atoms with Crippen LogP contribution >= 0.6 is 0 Å². The van der Waals surface area contributed by atoms with Crippen molar-refractivity contribution in [3.63, 3.8) is 0 Å². The Kier molecular flexibility index (Phi) is 2.69. The predicted octanol–water partition coefficient (Wildman–Crippen LogP) is 3.98. The summed E-state index contributed by atoms with van der Waals surface area (Å²) in [5, 5.41) is 12.0. The number of rotatable bonds is 0. The molecule has 0 fully saturated rings. The van der Waals surface area contributed by atoms with E-state index in [-0.39, 0.29) is 13.6 Å². The Hall–Kier alpha value is -3.59. The van der Waals surface area contributed by atoms with Crippen molar-refractivity contribution in [3.8, 4) is 40.2 Å². The van der Waals surface area contributed by atoms with Gasteiger partial charge in [0.25, 0.3) is 0 Å². The van der Waals surface area contributed by atoms with Crippen LogP contribution in [0.25, 0.3) is 21.9 Å². The standard InChI is InChI=1S/C21H14N2O4/c1-23-15(8-22)19-12(4-5-16-21(19)27-10-24-16)13-3-2-11-6-17-18(26-9-25-17)7-14(11)20(13)23/h2-7,15H,9-10H2,1H3. The van der Waals surface area contributed by atoms with Gasteiger partial charge in [-0.05, 0) is 35.2 Å². The fraction of sp³-hybridized carbons (Fsp3) is 0.190. The molecule has 6 nitrogen and oxygen atoms in total. The molecule has 132 valence electrons. The van der Waals surface area contributed by atoms with Crippen LogP contribution in [0.4, 0.5) is 5.69 Å². The van der Waals surface area contributed by atoms with E-state index >= 15 is 0 Å². The second-order valence-electron chi connectivity index (χ2n) is 6.79. The van der Waals surface area contributed by atoms with Gasteiger partial charge < -0.3 is 23.8 Å². The highest BCUT2D eigenvalue weighted by Gasteiger charge is 2.36. The Morgan fingerprint density at radius 2 is 1.67 bits per heavy atom. The molecule has 0 saturated heterocycles. The van der Waals surface area contributed by atoms with Crippen LogP contribution in [-0.2, 0) is 0 Å². The zero-order chi connectivity index (χ0) is 18.1. The van der Waals surface area contributed by atoms with Gasteiger partial charge in [-0.15, -0.1) is 0 Å². The Morgan fingerprint density at radius 1 is 0.926 bits per heavy atom. The van der Waals surface area contributed by atoms with Gasteiger partial charge in [-0.3, -0.25) is 0 Å². The summed E-state index contributed by atoms with van der Waals surface area (Å²) in [6, 6.07) is 14.0. The van der Waals surface area contributed by atoms with E-state index in [0.717, 1.165) is 44.6 Å². The molecule has 0 saturated carbocycles. The molecule has 1 atom stereocenters. The minimum absolute atomic E-state index is 0.182. The molecule has 0 radical (unpaired) electrons. The van der Waals surface area contributed by atoms with Crippen LogP contribution in [0.1, 0.15) is 11.6 Å². The van der Waals surface area contributed by atoms with Crippen molar-refractivity contribution in [1.29, 1.82) is 5.26 Å². The average Bonchev–Trinajstić information content (AvgIpc) is 3.34. The zero-order valence-corrected chi connectivity index (χ0v) is 14.5. The van der Waals surface area contributed by atoms with Gasteiger partial charge in [0.05, 0.1) is 11.8 Å². The summed E-state index contributed by atoms with van der Waals surface area (Å²) in [7, 11) is 1.94. The van der Waals surface area contributed by atoms with Gasteiger partial charge in [-0.25, -0.2) is 0 Å². The van der Waals surface area contributed by atoms with Gasteiger partial charge in [0.2, 0.25) is 13.6 Å². The quantitative estimate of drug-likeness (QED) is 0.606. The number of ether oxygens (including phenoxy) is 4. The van der Waals surface area contributed by atoms with E-state index in [1.807, 2.05) is 36.2 Å². The van der Waals surface area contributed by atoms with Gasteiger partial charge in [-0.2, -0.15) is 5.26 Å². The SMILES string of the molecule is CN1c2c(ccc3cc4c(cc23)OCO4)-c2ccc3c(c2C1C#N)OCO3. The van der Waals surface area contributed by atoms with Crippen LogP contribution in [0.2, 0.25) is 0 Å². The first-order chi connectivity index (χ1) is 13.3. The number of hydrogen-bond donors (Lipinski definition) is 0. The van der Waals surface area contributed by atoms with Crippen molar-refractivity contribution in [2.75, 3.05) is 25.5 Å². The third-order valence-electron chi connectivity index (χ3n) is 5.49. The molecule has 3 aliphatic heterocycles. The van der Waals surface area contributed by atoms with Crippen molar-refractivity contribution in [1.82, 2.24) is 0 Å². The number of benzene rings is 3. The van der Waals surface area contributed by atoms with Crippen molar-refractivity contribution in [2.45, 2.75) is 6.04 Å². The Labute approximate surface area is 155 Å². The summed E-state index contributed by atoms with van der Waals surface area (Å²) in [6.07, 6.45) is 0. The number of fused-ring (bicyclic) bond motifs is 8. The lowest BCUT2D eigenvalue weighted by Crippen LogP contribution is -2.27. The number of nitrogens with zero attached hydrogens (tertiary/aromatic N) is 2. The molecule has 0 spiro atoms. The molecule has 0 bridgehead atoms. The monoisotopic (exact) mass is 358 g/mol. The second kappa shape index (κ2) is 4.98. The summed E-state index contributed by atoms with van der Waals surface area (Å²) in [5.41, 5.74) is 3.92. The molecule has 1 unspecified atom stereocenters. The molecular weight excluding hydrogens is 344 g/mol. The van der Waals surface area contributed by atoms with Crippen LogP contribution in [0.3, 0.4) is 0 Å². The average molecular weight is 358 g/mol. The van der Waals surface area contributed by atoms with Crippen LogP contribution in [-0.4, -0.2) is 20.6 Å². The molecule has 3 heterocycles. The molecule has 0 amide bonds. The van der Waals surface area contributed by atoms with E-state index in [4.69, 9.17) is 18.9 Å². The molecule has 3 aliphatic rings. The highest BCUT2D eigenvalue weighted by atomic mass is 16.7. The van der Waals surface area contributed by atoms with Crippen molar-refractivity contribution >= 4 is 16.5 Å². The first-order valence-corrected chi connectivity index (χ1v) is 8.68. The molecule has 0 aliphatic carbocycles. The number of anilines is 1. The summed E-state index contributed by atoms with van der Waals surface area (Å²) < 4.78 is 22.3. The second-order valence-corrected chi connectivity index (χ2v) is 6.79. The highest BCUT2D eigenvalue weighted by Crippen LogP contribution is 2.54. The van der Waals surface area contributed by atoms with E-state index in [1.54, 1.807) is 0 Å². The molecule has 0 N–H and O–H groups in total. The van der Waals surface area contributed by atoms with E-state index < -0.39 is 6.04 Å². The minimum Gasteiger partial charge on any atom is -0.454 e. The molecule has 3 aromatic rings. The van der Waals surface area contributed by atoms with Gasteiger partial charge in [0.15, 0.2) is 23.0 Å². The van der Waals surface area contributed by atoms with E-state index in [1.165, 1.54) is 0 Å². The van der Waals surface area contributed by atoms with Crippen LogP contribution in [0.15, 0.2) is 36.4 Å². The van der Waals surface area contributed by atoms with E-state index in [0.29, 0.717) is 11.5 Å². The molecule has 3 aromatic carbocycles. The lowest BCUT2D eigenvalue weighted by molar-refractivity contribution is 0.173. The Morgan fingerprint density at radius 3 is 2.52 bits per heavy atom. The minimum atomic E-state index is -0.472. The maximum Gasteiger partial charge on any atom is 0.231 e. The fourth-order valence-corrected chi connectivity index (χ4v) is 4.27. The van der Waals surface area contributed by atoms with Crippen LogP contribution in [0.5, 0.6) is 23.0 Å². The van der Waals surface area contributed by atoms with E-state index in [2.05, 4.69) is 18.2 Å². The highest BCUT2D eigenvalue weighted by molar-refractivity contribution is 6.06. The van der Waals surface area contributed by atoms with Crippen LogP contribution in [0, 0.1) is 11.3 Å². The van der Waals surface area contributed by atoms with Gasteiger partial charge in [0, 0.05) is 23.6 Å². The van der Waals surface area contributed by atoms with Crippen LogP contribution < -0.4 is 23.8 Å².